The molecule has 2 atom stereocenters. The highest BCUT2D eigenvalue weighted by atomic mass is 16.5. The van der Waals surface area contributed by atoms with Crippen LogP contribution in [0.2, 0.25) is 0 Å². The lowest BCUT2D eigenvalue weighted by Gasteiger charge is -2.16. The molecule has 0 bridgehead atoms. The van der Waals surface area contributed by atoms with Gasteiger partial charge in [0.05, 0.1) is 0 Å². The Balaban J connectivity index is 1.74. The molecule has 1 aromatic carbocycles. The normalized spacial score (nSPS) is 17.6. The van der Waals surface area contributed by atoms with Crippen molar-refractivity contribution in [1.29, 1.82) is 0 Å². The molecule has 0 saturated carbocycles. The molecule has 0 saturated heterocycles. The van der Waals surface area contributed by atoms with Gasteiger partial charge in [-0.05, 0) is 43.6 Å². The monoisotopic (exact) mass is 352 g/mol. The summed E-state index contributed by atoms with van der Waals surface area (Å²) in [6.45, 7) is 3.98. The molecular weight excluding hydrogens is 328 g/mol. The average Bonchev–Trinajstić information content (AvgIpc) is 2.64. The average molecular weight is 352 g/mol. The SMILES string of the molecule is CC1CCC=C(/C=C/C(=O)O[C@H](C)C#CC(=O)OCc2ccccc2)C1. The molecule has 1 aliphatic carbocycles. The molecular formula is C22H24O4. The van der Waals surface area contributed by atoms with E-state index in [-0.39, 0.29) is 6.61 Å². The molecule has 0 amide bonds. The molecule has 1 aromatic rings. The van der Waals surface area contributed by atoms with Gasteiger partial charge in [0.25, 0.3) is 0 Å². The Morgan fingerprint density at radius 1 is 1.31 bits per heavy atom. The summed E-state index contributed by atoms with van der Waals surface area (Å²) < 4.78 is 10.2. The third kappa shape index (κ3) is 7.40. The first-order chi connectivity index (χ1) is 12.5. The maximum absolute atomic E-state index is 11.8. The molecule has 0 fully saturated rings. The molecule has 4 heteroatoms. The summed E-state index contributed by atoms with van der Waals surface area (Å²) >= 11 is 0. The first-order valence-electron chi connectivity index (χ1n) is 8.83. The Morgan fingerprint density at radius 2 is 2.08 bits per heavy atom. The quantitative estimate of drug-likeness (QED) is 0.348. The maximum atomic E-state index is 11.8. The van der Waals surface area contributed by atoms with Crippen molar-refractivity contribution in [3.05, 3.63) is 59.7 Å². The highest BCUT2D eigenvalue weighted by Crippen LogP contribution is 2.23. The molecule has 136 valence electrons. The van der Waals surface area contributed by atoms with Crippen molar-refractivity contribution < 1.29 is 19.1 Å². The number of hydrogen-bond donors (Lipinski definition) is 0. The summed E-state index contributed by atoms with van der Waals surface area (Å²) in [6, 6.07) is 9.35. The predicted molar refractivity (Wildman–Crippen MR) is 99.8 cm³/mol. The van der Waals surface area contributed by atoms with Gasteiger partial charge >= 0.3 is 11.9 Å². The number of benzene rings is 1. The molecule has 0 aromatic heterocycles. The van der Waals surface area contributed by atoms with Gasteiger partial charge in [0.15, 0.2) is 6.10 Å². The van der Waals surface area contributed by atoms with Crippen LogP contribution in [0.4, 0.5) is 0 Å². The molecule has 0 heterocycles. The molecule has 1 aliphatic rings. The molecule has 1 unspecified atom stereocenters. The first-order valence-corrected chi connectivity index (χ1v) is 8.83. The highest BCUT2D eigenvalue weighted by molar-refractivity contribution is 5.88. The van der Waals surface area contributed by atoms with E-state index in [4.69, 9.17) is 9.47 Å². The molecule has 0 radical (unpaired) electrons. The molecule has 2 rings (SSSR count). The van der Waals surface area contributed by atoms with Gasteiger partial charge in [0.2, 0.25) is 0 Å². The first kappa shape index (κ1) is 19.5. The molecule has 0 aliphatic heterocycles. The summed E-state index contributed by atoms with van der Waals surface area (Å²) in [5.74, 6) is 4.45. The van der Waals surface area contributed by atoms with Crippen LogP contribution in [-0.2, 0) is 25.7 Å². The van der Waals surface area contributed by atoms with E-state index in [1.54, 1.807) is 13.0 Å². The number of rotatable bonds is 5. The van der Waals surface area contributed by atoms with Crippen LogP contribution in [0.1, 0.15) is 38.7 Å². The maximum Gasteiger partial charge on any atom is 0.384 e. The van der Waals surface area contributed by atoms with Crippen molar-refractivity contribution in [2.45, 2.75) is 45.8 Å². The van der Waals surface area contributed by atoms with Gasteiger partial charge in [0, 0.05) is 12.0 Å². The van der Waals surface area contributed by atoms with E-state index < -0.39 is 18.0 Å². The van der Waals surface area contributed by atoms with E-state index in [2.05, 4.69) is 24.8 Å². The summed E-state index contributed by atoms with van der Waals surface area (Å²) in [4.78, 5) is 23.4. The molecule has 0 N–H and O–H groups in total. The minimum Gasteiger partial charge on any atom is -0.451 e. The number of carbonyl (C=O) groups excluding carboxylic acids is 2. The van der Waals surface area contributed by atoms with Crippen LogP contribution in [-0.4, -0.2) is 18.0 Å². The van der Waals surface area contributed by atoms with E-state index >= 15 is 0 Å². The Hall–Kier alpha value is -2.80. The number of allylic oxidation sites excluding steroid dienone is 3. The van der Waals surface area contributed by atoms with Crippen LogP contribution in [0.3, 0.4) is 0 Å². The number of hydrogen-bond acceptors (Lipinski definition) is 4. The van der Waals surface area contributed by atoms with Crippen LogP contribution in [0.25, 0.3) is 0 Å². The van der Waals surface area contributed by atoms with Gasteiger partial charge in [0.1, 0.15) is 6.61 Å². The molecule has 0 spiro atoms. The van der Waals surface area contributed by atoms with Crippen molar-refractivity contribution >= 4 is 11.9 Å². The highest BCUT2D eigenvalue weighted by Gasteiger charge is 2.10. The molecule has 26 heavy (non-hydrogen) atoms. The zero-order chi connectivity index (χ0) is 18.8. The van der Waals surface area contributed by atoms with E-state index in [0.29, 0.717) is 5.92 Å². The Bertz CT molecular complexity index is 734. The Morgan fingerprint density at radius 3 is 2.81 bits per heavy atom. The third-order valence-corrected chi connectivity index (χ3v) is 3.97. The summed E-state index contributed by atoms with van der Waals surface area (Å²) in [6.07, 6.45) is 7.89. The minimum atomic E-state index is -0.685. The summed E-state index contributed by atoms with van der Waals surface area (Å²) in [5, 5.41) is 0. The van der Waals surface area contributed by atoms with Gasteiger partial charge < -0.3 is 9.47 Å². The lowest BCUT2D eigenvalue weighted by molar-refractivity contribution is -0.140. The van der Waals surface area contributed by atoms with Crippen LogP contribution >= 0.6 is 0 Å². The van der Waals surface area contributed by atoms with Crippen LogP contribution in [0, 0.1) is 17.8 Å². The van der Waals surface area contributed by atoms with E-state index in [1.807, 2.05) is 30.3 Å². The predicted octanol–water partition coefficient (Wildman–Crippen LogP) is 3.97. The van der Waals surface area contributed by atoms with Gasteiger partial charge in [-0.3, -0.25) is 0 Å². The van der Waals surface area contributed by atoms with Crippen molar-refractivity contribution in [3.8, 4) is 11.8 Å². The van der Waals surface area contributed by atoms with Gasteiger partial charge in [-0.2, -0.15) is 0 Å². The van der Waals surface area contributed by atoms with Crippen LogP contribution in [0.5, 0.6) is 0 Å². The largest absolute Gasteiger partial charge is 0.451 e. The number of carbonyl (C=O) groups is 2. The smallest absolute Gasteiger partial charge is 0.384 e. The third-order valence-electron chi connectivity index (χ3n) is 3.97. The zero-order valence-corrected chi connectivity index (χ0v) is 15.2. The number of ether oxygens (including phenoxy) is 2. The van der Waals surface area contributed by atoms with Crippen LogP contribution < -0.4 is 0 Å². The summed E-state index contributed by atoms with van der Waals surface area (Å²) in [5.41, 5.74) is 2.04. The Labute approximate surface area is 154 Å². The fourth-order valence-electron chi connectivity index (χ4n) is 2.61. The second-order valence-corrected chi connectivity index (χ2v) is 6.41. The standard InChI is InChI=1S/C22H24O4/c1-17-7-6-10-19(15-17)12-14-22(24)26-18(2)11-13-21(23)25-16-20-8-4-3-5-9-20/h3-5,8-10,12,14,17-18H,6-7,15-16H2,1-2H3/b14-12+/t17?,18-/m1/s1. The number of esters is 2. The topological polar surface area (TPSA) is 52.6 Å². The zero-order valence-electron chi connectivity index (χ0n) is 15.2. The Kier molecular flexibility index (Phi) is 7.70. The van der Waals surface area contributed by atoms with Crippen molar-refractivity contribution in [1.82, 2.24) is 0 Å². The second-order valence-electron chi connectivity index (χ2n) is 6.41. The van der Waals surface area contributed by atoms with E-state index in [1.165, 1.54) is 12.5 Å². The van der Waals surface area contributed by atoms with Crippen molar-refractivity contribution in [2.75, 3.05) is 0 Å². The lowest BCUT2D eigenvalue weighted by Crippen LogP contribution is -2.12. The molecule has 4 nitrogen and oxygen atoms in total. The fraction of sp³-hybridized carbons (Fsp3) is 0.364. The summed E-state index contributed by atoms with van der Waals surface area (Å²) in [7, 11) is 0. The van der Waals surface area contributed by atoms with E-state index in [0.717, 1.165) is 24.0 Å². The van der Waals surface area contributed by atoms with Crippen molar-refractivity contribution in [3.63, 3.8) is 0 Å². The second kappa shape index (κ2) is 10.2. The van der Waals surface area contributed by atoms with Gasteiger partial charge in [-0.25, -0.2) is 9.59 Å². The van der Waals surface area contributed by atoms with Crippen LogP contribution in [0.15, 0.2) is 54.1 Å². The van der Waals surface area contributed by atoms with Gasteiger partial charge in [-0.15, -0.1) is 0 Å². The van der Waals surface area contributed by atoms with Gasteiger partial charge in [-0.1, -0.05) is 55.0 Å². The lowest BCUT2D eigenvalue weighted by atomic mass is 9.90. The van der Waals surface area contributed by atoms with E-state index in [9.17, 15) is 9.59 Å². The minimum absolute atomic E-state index is 0.165. The van der Waals surface area contributed by atoms with Crippen molar-refractivity contribution in [2.24, 2.45) is 5.92 Å². The fourth-order valence-corrected chi connectivity index (χ4v) is 2.61.